The molecule has 0 saturated carbocycles. The Kier molecular flexibility index (Phi) is 8.53. The molecule has 18 heavy (non-hydrogen) atoms. The molecule has 0 fully saturated rings. The maximum Gasteiger partial charge on any atom is 0.618 e. The van der Waals surface area contributed by atoms with Gasteiger partial charge in [-0.15, -0.1) is 0 Å². The van der Waals surface area contributed by atoms with E-state index in [1.165, 1.54) is 5.69 Å². The van der Waals surface area contributed by atoms with Crippen molar-refractivity contribution in [2.75, 3.05) is 4.23 Å². The zero-order chi connectivity index (χ0) is 14.4. The molecule has 1 rings (SSSR count). The Hall–Kier alpha value is 0.800. The second kappa shape index (κ2) is 8.17. The maximum absolute atomic E-state index is 4.90. The first-order valence-electron chi connectivity index (χ1n) is 6.03. The second-order valence-electron chi connectivity index (χ2n) is 6.04. The summed E-state index contributed by atoms with van der Waals surface area (Å²) in [5, 5.41) is 0. The molecule has 0 amide bonds. The summed E-state index contributed by atoms with van der Waals surface area (Å²) in [5.74, 6) is 0. The van der Waals surface area contributed by atoms with Crippen molar-refractivity contribution in [3.8, 4) is 0 Å². The van der Waals surface area contributed by atoms with Gasteiger partial charge in [-0.2, -0.15) is 0 Å². The van der Waals surface area contributed by atoms with Crippen molar-refractivity contribution in [2.24, 2.45) is 0 Å². The third-order valence-corrected chi connectivity index (χ3v) is 9.52. The Morgan fingerprint density at radius 2 is 1.50 bits per heavy atom. The molecular formula is C12H22Cl2MgNSi2. The molecule has 0 saturated heterocycles. The van der Waals surface area contributed by atoms with Gasteiger partial charge in [-0.25, -0.2) is 0 Å². The van der Waals surface area contributed by atoms with Crippen molar-refractivity contribution in [3.05, 3.63) is 30.3 Å². The summed E-state index contributed by atoms with van der Waals surface area (Å²) in [4.78, 5) is 0. The van der Waals surface area contributed by atoms with Crippen LogP contribution in [0.5, 0.6) is 0 Å². The fourth-order valence-corrected chi connectivity index (χ4v) is 12.2. The van der Waals surface area contributed by atoms with E-state index in [1.54, 1.807) is 0 Å². The highest BCUT2D eigenvalue weighted by atomic mass is 35.6. The molecular weight excluding hydrogens is 310 g/mol. The lowest BCUT2D eigenvalue weighted by atomic mass is 10.3. The van der Waals surface area contributed by atoms with Crippen LogP contribution in [0.3, 0.4) is 0 Å². The number of rotatable bonds is 3. The molecule has 0 spiro atoms. The van der Waals surface area contributed by atoms with Crippen molar-refractivity contribution in [2.45, 2.75) is 39.3 Å². The Morgan fingerprint density at radius 1 is 1.06 bits per heavy atom. The third-order valence-electron chi connectivity index (χ3n) is 2.29. The summed E-state index contributed by atoms with van der Waals surface area (Å²) in [6, 6.07) is 11.6. The summed E-state index contributed by atoms with van der Waals surface area (Å²) < 4.78 is 2.70. The van der Waals surface area contributed by atoms with Crippen LogP contribution in [0.1, 0.15) is 0 Å². The minimum Gasteiger partial charge on any atom is -0.425 e. The van der Waals surface area contributed by atoms with Crippen molar-refractivity contribution < 1.29 is 0 Å². The van der Waals surface area contributed by atoms with Crippen LogP contribution in [0.4, 0.5) is 5.69 Å². The SMILES string of the molecule is C[Si](C)(C)N(c1c[c]ccc1)[Si](C)(C)C.[Cl][Mg][Cl]. The zero-order valence-corrected chi connectivity index (χ0v) is 17.1. The Bertz CT molecular complexity index is 322. The minimum absolute atomic E-state index is 0.639. The molecule has 0 unspecified atom stereocenters. The summed E-state index contributed by atoms with van der Waals surface area (Å²) in [6.45, 7) is 14.5. The van der Waals surface area contributed by atoms with Gasteiger partial charge in [0.25, 0.3) is 0 Å². The van der Waals surface area contributed by atoms with E-state index in [-0.39, 0.29) is 0 Å². The van der Waals surface area contributed by atoms with Crippen LogP contribution < -0.4 is 4.23 Å². The summed E-state index contributed by atoms with van der Waals surface area (Å²) >= 11 is -0.639. The number of benzene rings is 1. The van der Waals surface area contributed by atoms with Gasteiger partial charge < -0.3 is 22.4 Å². The zero-order valence-electron chi connectivity index (χ0n) is 12.2. The third kappa shape index (κ3) is 6.82. The summed E-state index contributed by atoms with van der Waals surface area (Å²) in [6.07, 6.45) is 0. The molecule has 99 valence electrons. The fraction of sp³-hybridized carbons (Fsp3) is 0.500. The molecule has 6 heteroatoms. The first-order chi connectivity index (χ1) is 8.14. The van der Waals surface area contributed by atoms with E-state index in [4.69, 9.17) is 18.1 Å². The van der Waals surface area contributed by atoms with Crippen LogP contribution in [-0.4, -0.2) is 34.6 Å². The van der Waals surface area contributed by atoms with Gasteiger partial charge in [0, 0.05) is 5.69 Å². The van der Waals surface area contributed by atoms with E-state index in [0.29, 0.717) is 0 Å². The molecule has 0 aliphatic rings. The van der Waals surface area contributed by atoms with Gasteiger partial charge in [-0.05, 0) is 18.2 Å². The number of nitrogens with zero attached hydrogens (tertiary/aromatic N) is 1. The normalized spacial score (nSPS) is 11.1. The molecule has 1 aromatic rings. The Labute approximate surface area is 131 Å². The van der Waals surface area contributed by atoms with Crippen LogP contribution in [0, 0.1) is 6.07 Å². The summed E-state index contributed by atoms with van der Waals surface area (Å²) in [7, 11) is 7.23. The van der Waals surface area contributed by atoms with E-state index < -0.39 is 34.6 Å². The van der Waals surface area contributed by atoms with Gasteiger partial charge in [0.1, 0.15) is 16.5 Å². The minimum atomic E-state index is -1.29. The summed E-state index contributed by atoms with van der Waals surface area (Å²) in [5.41, 5.74) is 1.36. The molecule has 0 aliphatic heterocycles. The second-order valence-corrected chi connectivity index (χ2v) is 18.7. The van der Waals surface area contributed by atoms with Gasteiger partial charge in [0.15, 0.2) is 0 Å². The number of halogens is 2. The average molecular weight is 332 g/mol. The smallest absolute Gasteiger partial charge is 0.425 e. The van der Waals surface area contributed by atoms with Crippen LogP contribution in [-0.2, 0) is 0 Å². The van der Waals surface area contributed by atoms with E-state index in [2.05, 4.69) is 67.8 Å². The largest absolute Gasteiger partial charge is 0.618 e. The van der Waals surface area contributed by atoms with Crippen LogP contribution in [0.25, 0.3) is 0 Å². The van der Waals surface area contributed by atoms with Crippen molar-refractivity contribution in [1.29, 1.82) is 0 Å². The lowest BCUT2D eigenvalue weighted by molar-refractivity contribution is 1.35. The average Bonchev–Trinajstić information content (AvgIpc) is 2.15. The van der Waals surface area contributed by atoms with Crippen LogP contribution in [0.2, 0.25) is 39.3 Å². The molecule has 0 aliphatic carbocycles. The predicted octanol–water partition coefficient (Wildman–Crippen LogP) is 4.96. The monoisotopic (exact) mass is 330 g/mol. The number of hydrogen-bond donors (Lipinski definition) is 0. The van der Waals surface area contributed by atoms with Crippen molar-refractivity contribution in [1.82, 2.24) is 0 Å². The highest BCUT2D eigenvalue weighted by Gasteiger charge is 2.34. The van der Waals surface area contributed by atoms with Gasteiger partial charge in [-0.1, -0.05) is 51.4 Å². The van der Waals surface area contributed by atoms with E-state index in [0.717, 1.165) is 0 Å². The first-order valence-corrected chi connectivity index (χ1v) is 17.2. The Morgan fingerprint density at radius 3 is 1.78 bits per heavy atom. The molecule has 0 atom stereocenters. The lowest BCUT2D eigenvalue weighted by Gasteiger charge is -2.45. The number of anilines is 1. The number of hydrogen-bond acceptors (Lipinski definition) is 1. The van der Waals surface area contributed by atoms with Gasteiger partial charge >= 0.3 is 18.2 Å². The van der Waals surface area contributed by atoms with Gasteiger partial charge in [-0.3, -0.25) is 0 Å². The molecule has 0 heterocycles. The molecule has 0 N–H and O–H groups in total. The molecule has 1 aromatic carbocycles. The molecule has 1 nitrogen and oxygen atoms in total. The van der Waals surface area contributed by atoms with Gasteiger partial charge in [0.2, 0.25) is 0 Å². The highest BCUT2D eigenvalue weighted by Crippen LogP contribution is 2.27. The van der Waals surface area contributed by atoms with E-state index in [9.17, 15) is 0 Å². The van der Waals surface area contributed by atoms with Gasteiger partial charge in [0.05, 0.1) is 0 Å². The molecule has 1 radical (unpaired) electrons. The lowest BCUT2D eigenvalue weighted by Crippen LogP contribution is -2.59. The molecule has 0 aromatic heterocycles. The quantitative estimate of drug-likeness (QED) is 0.707. The van der Waals surface area contributed by atoms with E-state index in [1.807, 2.05) is 6.07 Å². The Balaban J connectivity index is 0.000000873. The molecule has 0 bridgehead atoms. The topological polar surface area (TPSA) is 3.24 Å². The first kappa shape index (κ1) is 18.8. The maximum atomic E-state index is 4.90. The fourth-order valence-electron chi connectivity index (χ4n) is 2.30. The van der Waals surface area contributed by atoms with Crippen LogP contribution >= 0.6 is 18.1 Å². The highest BCUT2D eigenvalue weighted by molar-refractivity contribution is 7.22. The predicted molar refractivity (Wildman–Crippen MR) is 91.9 cm³/mol. The standard InChI is InChI=1S/C12H22NSi2.2ClH.Mg/c1-14(2,3)13(15(4,5)6)12-10-8-7-9-11-12;;;/h7-8,10-11H,1-6H3;2*1H;/q;;;+2/p-2. The van der Waals surface area contributed by atoms with Crippen molar-refractivity contribution in [3.63, 3.8) is 0 Å². The van der Waals surface area contributed by atoms with Crippen LogP contribution in [0.15, 0.2) is 24.3 Å². The van der Waals surface area contributed by atoms with Crippen molar-refractivity contribution >= 4 is 58.5 Å². The van der Waals surface area contributed by atoms with E-state index >= 15 is 0 Å².